The number of ether oxygens (including phenoxy) is 2. The van der Waals surface area contributed by atoms with E-state index in [9.17, 15) is 4.79 Å². The van der Waals surface area contributed by atoms with Crippen LogP contribution in [0.2, 0.25) is 0 Å². The zero-order valence-electron chi connectivity index (χ0n) is 15.8. The molecular weight excluding hydrogens is 340 g/mol. The Kier molecular flexibility index (Phi) is 5.23. The molecule has 2 aliphatic heterocycles. The van der Waals surface area contributed by atoms with Gasteiger partial charge in [-0.1, -0.05) is 23.8 Å². The summed E-state index contributed by atoms with van der Waals surface area (Å²) in [7, 11) is 0. The van der Waals surface area contributed by atoms with Crippen LogP contribution in [0.4, 0.5) is 0 Å². The van der Waals surface area contributed by atoms with Crippen molar-refractivity contribution >= 4 is 5.91 Å². The molecule has 2 aliphatic rings. The van der Waals surface area contributed by atoms with Crippen LogP contribution in [-0.2, 0) is 16.1 Å². The van der Waals surface area contributed by atoms with Gasteiger partial charge >= 0.3 is 0 Å². The second kappa shape index (κ2) is 7.79. The number of aromatic nitrogens is 1. The SMILES string of the molecule is Cc1cccc(C(=O)N2CC3(C2)OCC[C@@H]3CCOCc2ccccn2)c1. The number of amides is 1. The van der Waals surface area contributed by atoms with Gasteiger partial charge in [0.05, 0.1) is 25.4 Å². The van der Waals surface area contributed by atoms with Crippen molar-refractivity contribution in [1.29, 1.82) is 0 Å². The van der Waals surface area contributed by atoms with Gasteiger partial charge in [0.1, 0.15) is 5.60 Å². The van der Waals surface area contributed by atoms with E-state index < -0.39 is 0 Å². The lowest BCUT2D eigenvalue weighted by molar-refractivity contribution is -0.120. The topological polar surface area (TPSA) is 51.7 Å². The highest BCUT2D eigenvalue weighted by Crippen LogP contribution is 2.42. The monoisotopic (exact) mass is 366 g/mol. The van der Waals surface area contributed by atoms with Crippen molar-refractivity contribution < 1.29 is 14.3 Å². The smallest absolute Gasteiger partial charge is 0.254 e. The number of hydrogen-bond acceptors (Lipinski definition) is 4. The van der Waals surface area contributed by atoms with Gasteiger partial charge in [0.25, 0.3) is 5.91 Å². The van der Waals surface area contributed by atoms with Crippen LogP contribution >= 0.6 is 0 Å². The Hall–Kier alpha value is -2.24. The summed E-state index contributed by atoms with van der Waals surface area (Å²) in [6.45, 7) is 5.39. The van der Waals surface area contributed by atoms with Gasteiger partial charge < -0.3 is 14.4 Å². The lowest BCUT2D eigenvalue weighted by atomic mass is 9.79. The minimum absolute atomic E-state index is 0.102. The molecule has 5 nitrogen and oxygen atoms in total. The maximum atomic E-state index is 12.7. The molecule has 1 aromatic carbocycles. The number of hydrogen-bond donors (Lipinski definition) is 0. The van der Waals surface area contributed by atoms with Crippen LogP contribution in [0.3, 0.4) is 0 Å². The molecule has 5 heteroatoms. The summed E-state index contributed by atoms with van der Waals surface area (Å²) in [6.07, 6.45) is 3.78. The molecule has 1 amide bonds. The number of benzene rings is 1. The third-order valence-corrected chi connectivity index (χ3v) is 5.66. The second-order valence-corrected chi connectivity index (χ2v) is 7.59. The Labute approximate surface area is 160 Å². The highest BCUT2D eigenvalue weighted by atomic mass is 16.5. The Morgan fingerprint density at radius 2 is 2.19 bits per heavy atom. The number of likely N-dealkylation sites (tertiary alicyclic amines) is 1. The van der Waals surface area contributed by atoms with Crippen molar-refractivity contribution in [1.82, 2.24) is 9.88 Å². The summed E-state index contributed by atoms with van der Waals surface area (Å²) < 4.78 is 11.9. The summed E-state index contributed by atoms with van der Waals surface area (Å²) in [5.74, 6) is 0.549. The van der Waals surface area contributed by atoms with Crippen molar-refractivity contribution in [2.45, 2.75) is 32.0 Å². The molecule has 0 radical (unpaired) electrons. The van der Waals surface area contributed by atoms with Gasteiger partial charge in [-0.05, 0) is 49.9 Å². The van der Waals surface area contributed by atoms with E-state index in [-0.39, 0.29) is 11.5 Å². The van der Waals surface area contributed by atoms with Gasteiger partial charge in [-0.3, -0.25) is 9.78 Å². The molecule has 0 N–H and O–H groups in total. The van der Waals surface area contributed by atoms with E-state index in [4.69, 9.17) is 9.47 Å². The van der Waals surface area contributed by atoms with Crippen LogP contribution in [-0.4, -0.2) is 47.7 Å². The predicted molar refractivity (Wildman–Crippen MR) is 102 cm³/mol. The molecule has 1 spiro atoms. The zero-order valence-corrected chi connectivity index (χ0v) is 15.8. The molecule has 4 rings (SSSR count). The first kappa shape index (κ1) is 18.1. The minimum atomic E-state index is -0.173. The molecule has 2 aromatic rings. The molecule has 1 aromatic heterocycles. The number of aryl methyl sites for hydroxylation is 1. The van der Waals surface area contributed by atoms with Gasteiger partial charge in [-0.15, -0.1) is 0 Å². The highest BCUT2D eigenvalue weighted by Gasteiger charge is 2.54. The van der Waals surface area contributed by atoms with E-state index in [2.05, 4.69) is 4.98 Å². The van der Waals surface area contributed by atoms with Crippen LogP contribution in [0.15, 0.2) is 48.7 Å². The molecule has 142 valence electrons. The van der Waals surface area contributed by atoms with Crippen LogP contribution in [0, 0.1) is 12.8 Å². The van der Waals surface area contributed by atoms with E-state index in [0.717, 1.165) is 36.3 Å². The first-order chi connectivity index (χ1) is 13.2. The number of carbonyl (C=O) groups excluding carboxylic acids is 1. The fraction of sp³-hybridized carbons (Fsp3) is 0.455. The molecule has 1 atom stereocenters. The first-order valence-corrected chi connectivity index (χ1v) is 9.64. The van der Waals surface area contributed by atoms with E-state index in [1.807, 2.05) is 54.3 Å². The largest absolute Gasteiger partial charge is 0.375 e. The average molecular weight is 366 g/mol. The summed E-state index contributed by atoms with van der Waals surface area (Å²) in [5.41, 5.74) is 2.65. The van der Waals surface area contributed by atoms with Crippen molar-refractivity contribution in [3.8, 4) is 0 Å². The normalized spacial score (nSPS) is 20.6. The van der Waals surface area contributed by atoms with Crippen molar-refractivity contribution in [3.05, 3.63) is 65.5 Å². The van der Waals surface area contributed by atoms with Crippen LogP contribution < -0.4 is 0 Å². The Morgan fingerprint density at radius 1 is 1.30 bits per heavy atom. The summed E-state index contributed by atoms with van der Waals surface area (Å²) in [6, 6.07) is 13.6. The van der Waals surface area contributed by atoms with Gasteiger partial charge in [0, 0.05) is 25.0 Å². The maximum absolute atomic E-state index is 12.7. The average Bonchev–Trinajstić information content (AvgIpc) is 3.08. The second-order valence-electron chi connectivity index (χ2n) is 7.59. The fourth-order valence-electron chi connectivity index (χ4n) is 4.13. The number of carbonyl (C=O) groups is 1. The van der Waals surface area contributed by atoms with Crippen molar-refractivity contribution in [3.63, 3.8) is 0 Å². The third kappa shape index (κ3) is 3.89. The quantitative estimate of drug-likeness (QED) is 0.737. The molecule has 0 saturated carbocycles. The molecule has 0 aliphatic carbocycles. The fourth-order valence-corrected chi connectivity index (χ4v) is 4.13. The van der Waals surface area contributed by atoms with Gasteiger partial charge in [0.15, 0.2) is 0 Å². The highest BCUT2D eigenvalue weighted by molar-refractivity contribution is 5.95. The van der Waals surface area contributed by atoms with E-state index >= 15 is 0 Å². The summed E-state index contributed by atoms with van der Waals surface area (Å²) in [4.78, 5) is 18.9. The number of pyridine rings is 1. The molecule has 27 heavy (non-hydrogen) atoms. The predicted octanol–water partition coefficient (Wildman–Crippen LogP) is 3.23. The van der Waals surface area contributed by atoms with Crippen LogP contribution in [0.25, 0.3) is 0 Å². The minimum Gasteiger partial charge on any atom is -0.375 e. The third-order valence-electron chi connectivity index (χ3n) is 5.66. The summed E-state index contributed by atoms with van der Waals surface area (Å²) in [5, 5.41) is 0. The Bertz CT molecular complexity index is 787. The lowest BCUT2D eigenvalue weighted by Gasteiger charge is -2.50. The first-order valence-electron chi connectivity index (χ1n) is 9.64. The van der Waals surface area contributed by atoms with Gasteiger partial charge in [-0.25, -0.2) is 0 Å². The van der Waals surface area contributed by atoms with Crippen molar-refractivity contribution in [2.75, 3.05) is 26.3 Å². The Balaban J connectivity index is 1.27. The zero-order chi connectivity index (χ0) is 18.7. The standard InChI is InChI=1S/C22H26N2O3/c1-17-5-4-6-18(13-17)21(25)24-15-22(16-24)19(9-12-27-22)8-11-26-14-20-7-2-3-10-23-20/h2-7,10,13,19H,8-9,11-12,14-16H2,1H3/t19-/m0/s1. The number of nitrogens with zero attached hydrogens (tertiary/aromatic N) is 2. The van der Waals surface area contributed by atoms with Crippen LogP contribution in [0.1, 0.15) is 34.5 Å². The summed E-state index contributed by atoms with van der Waals surface area (Å²) >= 11 is 0. The van der Waals surface area contributed by atoms with Crippen LogP contribution in [0.5, 0.6) is 0 Å². The molecule has 3 heterocycles. The van der Waals surface area contributed by atoms with Gasteiger partial charge in [0.2, 0.25) is 0 Å². The van der Waals surface area contributed by atoms with Gasteiger partial charge in [-0.2, -0.15) is 0 Å². The molecular formula is C22H26N2O3. The molecule has 0 unspecified atom stereocenters. The maximum Gasteiger partial charge on any atom is 0.254 e. The number of rotatable bonds is 6. The van der Waals surface area contributed by atoms with Crippen molar-refractivity contribution in [2.24, 2.45) is 5.92 Å². The van der Waals surface area contributed by atoms with E-state index in [1.165, 1.54) is 0 Å². The molecule has 2 saturated heterocycles. The van der Waals surface area contributed by atoms with E-state index in [1.54, 1.807) is 6.20 Å². The molecule has 2 fully saturated rings. The Morgan fingerprint density at radius 3 is 2.96 bits per heavy atom. The van der Waals surface area contributed by atoms with E-state index in [0.29, 0.717) is 32.2 Å². The molecule has 0 bridgehead atoms. The lowest BCUT2D eigenvalue weighted by Crippen LogP contribution is -2.66.